The normalized spacial score (nSPS) is 11.8. The molecule has 0 radical (unpaired) electrons. The highest BCUT2D eigenvalue weighted by Gasteiger charge is 2.27. The quantitative estimate of drug-likeness (QED) is 0.0712. The molecule has 5 aromatic rings. The van der Waals surface area contributed by atoms with Crippen LogP contribution in [0.25, 0.3) is 43.4 Å². The summed E-state index contributed by atoms with van der Waals surface area (Å²) in [6.07, 6.45) is 0. The molecule has 21 N–H and O–H groups in total. The molecule has 0 aliphatic heterocycles. The van der Waals surface area contributed by atoms with Gasteiger partial charge in [-0.25, -0.2) is 0 Å². The summed E-state index contributed by atoms with van der Waals surface area (Å²) in [4.78, 5) is 7.32. The number of aromatic amines is 1. The number of nitrogens with zero attached hydrogens (tertiary/aromatic N) is 1. The van der Waals surface area contributed by atoms with Crippen molar-refractivity contribution in [1.82, 2.24) is 4.98 Å². The first-order valence-corrected chi connectivity index (χ1v) is 10.5. The minimum atomic E-state index is 0.149. The van der Waals surface area contributed by atoms with Crippen molar-refractivity contribution in [3.8, 4) is 0 Å². The zero-order chi connectivity index (χ0) is 25.0. The van der Waals surface area contributed by atoms with E-state index >= 15 is 0 Å². The minimum absolute atomic E-state index is 0.149. The summed E-state index contributed by atoms with van der Waals surface area (Å²) in [6, 6.07) is 0. The van der Waals surface area contributed by atoms with Crippen molar-refractivity contribution < 1.29 is 0 Å². The second-order valence-electron chi connectivity index (χ2n) is 8.18. The number of aliphatic imine (C=N–C) groups is 1. The van der Waals surface area contributed by atoms with Crippen molar-refractivity contribution in [2.45, 2.75) is 0 Å². The zero-order valence-corrected chi connectivity index (χ0v) is 19.2. The zero-order valence-electron chi connectivity index (χ0n) is 18.0. The summed E-state index contributed by atoms with van der Waals surface area (Å²) in [6.45, 7) is 3.56. The molecule has 0 bridgehead atoms. The molecule has 0 saturated carbocycles. The van der Waals surface area contributed by atoms with Crippen molar-refractivity contribution in [2.75, 3.05) is 57.3 Å². The maximum Gasteiger partial charge on any atom is 0.111 e. The topological polar surface area (TPSA) is 288 Å². The Morgan fingerprint density at radius 3 is 1.38 bits per heavy atom. The van der Waals surface area contributed by atoms with E-state index in [4.69, 9.17) is 57.3 Å². The van der Waals surface area contributed by atoms with Crippen molar-refractivity contribution >= 4 is 127 Å². The second kappa shape index (κ2) is 6.42. The van der Waals surface area contributed by atoms with Gasteiger partial charge in [-0.05, 0) is 6.72 Å². The number of nitrogens with one attached hydrogen (secondary N) is 1. The maximum absolute atomic E-state index is 6.55. The van der Waals surface area contributed by atoms with E-state index in [9.17, 15) is 0 Å². The van der Waals surface area contributed by atoms with Crippen LogP contribution in [0.4, 0.5) is 62.6 Å². The van der Waals surface area contributed by atoms with Crippen LogP contribution in [-0.4, -0.2) is 11.7 Å². The number of anilines is 10. The number of rotatable bonds is 1. The van der Waals surface area contributed by atoms with Gasteiger partial charge in [-0.2, -0.15) is 0 Å². The van der Waals surface area contributed by atoms with E-state index < -0.39 is 0 Å². The molecule has 0 aliphatic carbocycles. The lowest BCUT2D eigenvalue weighted by atomic mass is 9.95. The van der Waals surface area contributed by atoms with Crippen LogP contribution >= 0.6 is 9.24 Å². The van der Waals surface area contributed by atoms with Crippen molar-refractivity contribution in [2.24, 2.45) is 4.99 Å². The molecule has 174 valence electrons. The van der Waals surface area contributed by atoms with E-state index in [-0.39, 0.29) is 56.9 Å². The first-order chi connectivity index (χ1) is 15.9. The molecule has 0 amide bonds. The summed E-state index contributed by atoms with van der Waals surface area (Å²) >= 11 is 0. The second-order valence-corrected chi connectivity index (χ2v) is 8.76. The Morgan fingerprint density at radius 2 is 0.853 bits per heavy atom. The number of hydrogen-bond acceptors (Lipinski definition) is 11. The third-order valence-electron chi connectivity index (χ3n) is 6.56. The van der Waals surface area contributed by atoms with Crippen LogP contribution in [0.1, 0.15) is 0 Å². The summed E-state index contributed by atoms with van der Waals surface area (Å²) < 4.78 is 0. The molecule has 1 atom stereocenters. The standard InChI is InChI=1S/C21H25N12P/c1-32-20-14(28)3-2(9(23)16(20)30)8(22)10(24)4-5-11(25)13(27)7-6(19(5)33-18(3)4)12(26)15(29)17(31)21(7)34/h33H,1,22-31,34H2. The first kappa shape index (κ1) is 21.2. The number of aromatic nitrogens is 1. The molecule has 34 heavy (non-hydrogen) atoms. The van der Waals surface area contributed by atoms with Crippen LogP contribution in [0.3, 0.4) is 0 Å². The molecule has 0 fully saturated rings. The van der Waals surface area contributed by atoms with E-state index in [0.29, 0.717) is 54.3 Å². The molecule has 4 aromatic carbocycles. The average Bonchev–Trinajstić information content (AvgIpc) is 3.20. The fourth-order valence-corrected chi connectivity index (χ4v) is 5.28. The molecule has 1 unspecified atom stereocenters. The number of H-pyrrole nitrogens is 1. The highest BCUT2D eigenvalue weighted by Crippen LogP contribution is 2.53. The molecule has 5 rings (SSSR count). The smallest absolute Gasteiger partial charge is 0.111 e. The van der Waals surface area contributed by atoms with Gasteiger partial charge >= 0.3 is 0 Å². The summed E-state index contributed by atoms with van der Waals surface area (Å²) in [5.74, 6) is 0. The van der Waals surface area contributed by atoms with Crippen LogP contribution in [0.2, 0.25) is 0 Å². The first-order valence-electron chi connectivity index (χ1n) is 9.97. The summed E-state index contributed by atoms with van der Waals surface area (Å²) in [7, 11) is 2.54. The number of hydrogen-bond donors (Lipinski definition) is 11. The molecule has 12 nitrogen and oxygen atoms in total. The van der Waals surface area contributed by atoms with Crippen molar-refractivity contribution in [1.29, 1.82) is 0 Å². The number of nitrogen functional groups attached to an aromatic ring is 10. The van der Waals surface area contributed by atoms with Gasteiger partial charge in [0.2, 0.25) is 0 Å². The van der Waals surface area contributed by atoms with E-state index in [0.717, 1.165) is 0 Å². The third kappa shape index (κ3) is 2.17. The lowest BCUT2D eigenvalue weighted by Crippen LogP contribution is -2.13. The highest BCUT2D eigenvalue weighted by molar-refractivity contribution is 7.29. The Balaban J connectivity index is 2.23. The van der Waals surface area contributed by atoms with Gasteiger partial charge in [-0.1, -0.05) is 0 Å². The van der Waals surface area contributed by atoms with Crippen LogP contribution in [0.15, 0.2) is 4.99 Å². The maximum atomic E-state index is 6.55. The Hall–Kier alpha value is -4.70. The molecular weight excluding hydrogens is 451 g/mol. The molecule has 1 aromatic heterocycles. The number of nitrogens with two attached hydrogens (primary N) is 10. The van der Waals surface area contributed by atoms with Crippen molar-refractivity contribution in [3.63, 3.8) is 0 Å². The van der Waals surface area contributed by atoms with Gasteiger partial charge < -0.3 is 62.3 Å². The molecule has 1 heterocycles. The Bertz CT molecular complexity index is 1780. The number of benzene rings is 4. The monoisotopic (exact) mass is 476 g/mol. The van der Waals surface area contributed by atoms with E-state index in [1.807, 2.05) is 0 Å². The lowest BCUT2D eigenvalue weighted by Gasteiger charge is -2.18. The van der Waals surface area contributed by atoms with Crippen molar-refractivity contribution in [3.05, 3.63) is 0 Å². The summed E-state index contributed by atoms with van der Waals surface area (Å²) in [5.41, 5.74) is 67.2. The minimum Gasteiger partial charge on any atom is -0.397 e. The van der Waals surface area contributed by atoms with Gasteiger partial charge in [0.1, 0.15) is 5.69 Å². The molecule has 0 spiro atoms. The average molecular weight is 476 g/mol. The van der Waals surface area contributed by atoms with Gasteiger partial charge in [0, 0.05) is 37.6 Å². The van der Waals surface area contributed by atoms with E-state index in [2.05, 4.69) is 25.9 Å². The molecule has 0 aliphatic rings. The molecule has 13 heteroatoms. The van der Waals surface area contributed by atoms with Gasteiger partial charge in [-0.15, -0.1) is 9.24 Å². The van der Waals surface area contributed by atoms with Gasteiger partial charge in [0.25, 0.3) is 0 Å². The molecular formula is C21H25N12P. The van der Waals surface area contributed by atoms with E-state index in [1.165, 1.54) is 0 Å². The van der Waals surface area contributed by atoms with Crippen LogP contribution in [0, 0.1) is 0 Å². The lowest BCUT2D eigenvalue weighted by molar-refractivity contribution is 1.55. The van der Waals surface area contributed by atoms with Crippen LogP contribution in [-0.2, 0) is 0 Å². The predicted octanol–water partition coefficient (Wildman–Crippen LogP) is 1.28. The van der Waals surface area contributed by atoms with Gasteiger partial charge in [0.15, 0.2) is 0 Å². The van der Waals surface area contributed by atoms with Gasteiger partial charge in [0.05, 0.1) is 67.9 Å². The van der Waals surface area contributed by atoms with Crippen LogP contribution in [0.5, 0.6) is 0 Å². The fourth-order valence-electron chi connectivity index (χ4n) is 4.83. The Labute approximate surface area is 194 Å². The number of fused-ring (bicyclic) bond motifs is 7. The predicted molar refractivity (Wildman–Crippen MR) is 153 cm³/mol. The van der Waals surface area contributed by atoms with E-state index in [1.54, 1.807) is 0 Å². The largest absolute Gasteiger partial charge is 0.397 e. The van der Waals surface area contributed by atoms with Gasteiger partial charge in [-0.3, -0.25) is 4.99 Å². The SMILES string of the molecule is C=Nc1c(N)c(N)c2c(N)c(N)c3c([nH]c4c5c(N)c(N)c(N)c(P)c5c(N)c(N)c43)c2c1N. The Morgan fingerprint density at radius 1 is 0.471 bits per heavy atom. The van der Waals surface area contributed by atoms with Crippen LogP contribution < -0.4 is 62.6 Å². The Kier molecular flexibility index (Phi) is 4.00. The molecule has 0 saturated heterocycles. The third-order valence-corrected chi connectivity index (χ3v) is 7.16. The fraction of sp³-hybridized carbons (Fsp3) is 0. The summed E-state index contributed by atoms with van der Waals surface area (Å²) in [5, 5.41) is 3.51. The highest BCUT2D eigenvalue weighted by atomic mass is 31.0.